The number of pyridine rings is 1. The number of furan rings is 1. The van der Waals surface area contributed by atoms with E-state index in [9.17, 15) is 9.59 Å². The van der Waals surface area contributed by atoms with E-state index in [1.807, 2.05) is 0 Å². The summed E-state index contributed by atoms with van der Waals surface area (Å²) >= 11 is 1.32. The fourth-order valence-corrected chi connectivity index (χ4v) is 4.84. The smallest absolute Gasteiger partial charge is 0.297 e. The summed E-state index contributed by atoms with van der Waals surface area (Å²) in [6, 6.07) is 0. The number of carbonyl (C=O) groups is 1. The maximum atomic E-state index is 13.1. The van der Waals surface area contributed by atoms with Gasteiger partial charge in [0.2, 0.25) is 17.2 Å². The molecule has 160 valence electrons. The zero-order chi connectivity index (χ0) is 21.5. The summed E-state index contributed by atoms with van der Waals surface area (Å²) in [5, 5.41) is 5.79. The lowest BCUT2D eigenvalue weighted by atomic mass is 9.87. The summed E-state index contributed by atoms with van der Waals surface area (Å²) in [7, 11) is 0. The number of hydrogen-bond acceptors (Lipinski definition) is 7. The van der Waals surface area contributed by atoms with Crippen molar-refractivity contribution in [3.8, 4) is 0 Å². The van der Waals surface area contributed by atoms with Crippen molar-refractivity contribution in [1.29, 1.82) is 0 Å². The van der Waals surface area contributed by atoms with E-state index < -0.39 is 0 Å². The summed E-state index contributed by atoms with van der Waals surface area (Å²) in [6.45, 7) is 4.19. The van der Waals surface area contributed by atoms with Gasteiger partial charge in [0, 0.05) is 17.3 Å². The van der Waals surface area contributed by atoms with Gasteiger partial charge in [-0.15, -0.1) is 11.3 Å². The van der Waals surface area contributed by atoms with Gasteiger partial charge in [0.25, 0.3) is 5.56 Å². The van der Waals surface area contributed by atoms with Crippen molar-refractivity contribution in [2.24, 2.45) is 5.92 Å². The van der Waals surface area contributed by atoms with Crippen LogP contribution < -0.4 is 10.9 Å². The van der Waals surface area contributed by atoms with Crippen LogP contribution >= 0.6 is 11.3 Å². The van der Waals surface area contributed by atoms with Crippen molar-refractivity contribution in [2.75, 3.05) is 5.32 Å². The van der Waals surface area contributed by atoms with Crippen LogP contribution in [-0.2, 0) is 30.6 Å². The molecule has 0 atom stereocenters. The molecule has 4 aromatic rings. The number of hydrogen-bond donors (Lipinski definition) is 1. The van der Waals surface area contributed by atoms with Gasteiger partial charge in [-0.25, -0.2) is 15.0 Å². The number of aryl methyl sites for hydroxylation is 1. The van der Waals surface area contributed by atoms with Crippen LogP contribution in [0.1, 0.15) is 43.5 Å². The molecule has 0 fully saturated rings. The quantitative estimate of drug-likeness (QED) is 0.511. The maximum absolute atomic E-state index is 13.1. The fraction of sp³-hybridized carbons (Fsp3) is 0.409. The Morgan fingerprint density at radius 1 is 1.26 bits per heavy atom. The van der Waals surface area contributed by atoms with Crippen LogP contribution in [0.4, 0.5) is 5.13 Å². The minimum absolute atomic E-state index is 0.154. The molecule has 4 heterocycles. The third kappa shape index (κ3) is 3.63. The largest absolute Gasteiger partial charge is 0.430 e. The molecule has 5 rings (SSSR count). The standard InChI is InChI=1S/C22H23N5O3S/c1-12(2)9-15-13-5-3-4-6-14(13)17-18-19(30-20(17)25-15)21(29)27(11-24-18)10-16(28)26-22-23-7-8-31-22/h7-8,11-12H,3-6,9-10H2,1-2H3,(H,23,26,28). The molecule has 9 heteroatoms. The number of carbonyl (C=O) groups excluding carboxylic acids is 1. The summed E-state index contributed by atoms with van der Waals surface area (Å²) in [5.74, 6) is 0.135. The lowest BCUT2D eigenvalue weighted by Crippen LogP contribution is -2.27. The Hall–Kier alpha value is -3.07. The molecule has 1 N–H and O–H groups in total. The van der Waals surface area contributed by atoms with Gasteiger partial charge < -0.3 is 9.73 Å². The Morgan fingerprint density at radius 3 is 2.81 bits per heavy atom. The van der Waals surface area contributed by atoms with Crippen LogP contribution in [0, 0.1) is 5.92 Å². The highest BCUT2D eigenvalue weighted by atomic mass is 32.1. The summed E-state index contributed by atoms with van der Waals surface area (Å²) in [6.07, 6.45) is 8.09. The Bertz CT molecular complexity index is 1340. The van der Waals surface area contributed by atoms with Crippen molar-refractivity contribution >= 4 is 44.6 Å². The zero-order valence-corrected chi connectivity index (χ0v) is 18.3. The number of amides is 1. The van der Waals surface area contributed by atoms with Crippen LogP contribution in [0.25, 0.3) is 22.2 Å². The first kappa shape index (κ1) is 19.9. The Morgan fingerprint density at radius 2 is 2.06 bits per heavy atom. The Kier molecular flexibility index (Phi) is 5.05. The van der Waals surface area contributed by atoms with Gasteiger partial charge in [0.1, 0.15) is 12.1 Å². The molecule has 1 amide bonds. The molecule has 0 bridgehead atoms. The molecular formula is C22H23N5O3S. The van der Waals surface area contributed by atoms with E-state index in [0.29, 0.717) is 22.3 Å². The summed E-state index contributed by atoms with van der Waals surface area (Å²) in [5.41, 5.74) is 4.37. The fourth-order valence-electron chi connectivity index (χ4n) is 4.30. The van der Waals surface area contributed by atoms with E-state index >= 15 is 0 Å². The second-order valence-corrected chi connectivity index (χ2v) is 9.24. The molecule has 1 aliphatic carbocycles. The van der Waals surface area contributed by atoms with Gasteiger partial charge in [-0.3, -0.25) is 14.2 Å². The first-order valence-electron chi connectivity index (χ1n) is 10.5. The summed E-state index contributed by atoms with van der Waals surface area (Å²) < 4.78 is 7.21. The van der Waals surface area contributed by atoms with Crippen LogP contribution in [0.3, 0.4) is 0 Å². The Labute approximate surface area is 182 Å². The molecule has 0 spiro atoms. The van der Waals surface area contributed by atoms with Crippen molar-refractivity contribution in [3.05, 3.63) is 45.1 Å². The van der Waals surface area contributed by atoms with Crippen LogP contribution in [0.5, 0.6) is 0 Å². The minimum Gasteiger partial charge on any atom is -0.430 e. The van der Waals surface area contributed by atoms with E-state index in [2.05, 4.69) is 29.1 Å². The molecule has 8 nitrogen and oxygen atoms in total. The monoisotopic (exact) mass is 437 g/mol. The van der Waals surface area contributed by atoms with E-state index in [0.717, 1.165) is 43.2 Å². The van der Waals surface area contributed by atoms with Gasteiger partial charge in [0.15, 0.2) is 5.13 Å². The molecule has 0 saturated carbocycles. The van der Waals surface area contributed by atoms with Gasteiger partial charge in [-0.1, -0.05) is 13.8 Å². The molecule has 0 unspecified atom stereocenters. The number of nitrogens with one attached hydrogen (secondary N) is 1. The van der Waals surface area contributed by atoms with Crippen molar-refractivity contribution in [1.82, 2.24) is 19.5 Å². The number of rotatable bonds is 5. The van der Waals surface area contributed by atoms with Crippen LogP contribution in [0.2, 0.25) is 0 Å². The Balaban J connectivity index is 1.59. The van der Waals surface area contributed by atoms with Gasteiger partial charge >= 0.3 is 0 Å². The van der Waals surface area contributed by atoms with Crippen molar-refractivity contribution in [3.63, 3.8) is 0 Å². The lowest BCUT2D eigenvalue weighted by Gasteiger charge is -2.20. The molecule has 0 radical (unpaired) electrons. The maximum Gasteiger partial charge on any atom is 0.297 e. The highest BCUT2D eigenvalue weighted by molar-refractivity contribution is 7.13. The first-order valence-corrected chi connectivity index (χ1v) is 11.4. The van der Waals surface area contributed by atoms with E-state index in [1.165, 1.54) is 33.4 Å². The normalized spacial score (nSPS) is 13.8. The average molecular weight is 438 g/mol. The van der Waals surface area contributed by atoms with Gasteiger partial charge in [-0.2, -0.15) is 0 Å². The molecule has 0 saturated heterocycles. The SMILES string of the molecule is CC(C)Cc1nc2oc3c(=O)n(CC(=O)Nc4nccs4)cnc3c2c2c1CCCC2. The number of nitrogens with zero attached hydrogens (tertiary/aromatic N) is 4. The van der Waals surface area contributed by atoms with Crippen molar-refractivity contribution < 1.29 is 9.21 Å². The first-order chi connectivity index (χ1) is 15.0. The average Bonchev–Trinajstić information content (AvgIpc) is 3.37. The number of aromatic nitrogens is 4. The van der Waals surface area contributed by atoms with Crippen molar-refractivity contribution in [2.45, 2.75) is 52.5 Å². The highest BCUT2D eigenvalue weighted by Crippen LogP contribution is 2.35. The third-order valence-corrected chi connectivity index (χ3v) is 6.28. The molecule has 0 aliphatic heterocycles. The third-order valence-electron chi connectivity index (χ3n) is 5.59. The summed E-state index contributed by atoms with van der Waals surface area (Å²) in [4.78, 5) is 38.7. The second-order valence-electron chi connectivity index (χ2n) is 8.34. The molecule has 31 heavy (non-hydrogen) atoms. The van der Waals surface area contributed by atoms with Gasteiger partial charge in [-0.05, 0) is 49.1 Å². The van der Waals surface area contributed by atoms with E-state index in [1.54, 1.807) is 11.6 Å². The lowest BCUT2D eigenvalue weighted by molar-refractivity contribution is -0.116. The van der Waals surface area contributed by atoms with Gasteiger partial charge in [0.05, 0.1) is 11.7 Å². The molecular weight excluding hydrogens is 414 g/mol. The minimum atomic E-state index is -0.382. The topological polar surface area (TPSA) is 103 Å². The zero-order valence-electron chi connectivity index (χ0n) is 17.5. The van der Waals surface area contributed by atoms with E-state index in [4.69, 9.17) is 9.40 Å². The molecule has 4 aromatic heterocycles. The second kappa shape index (κ2) is 7.88. The predicted octanol–water partition coefficient (Wildman–Crippen LogP) is 3.71. The molecule has 0 aromatic carbocycles. The predicted molar refractivity (Wildman–Crippen MR) is 119 cm³/mol. The number of anilines is 1. The van der Waals surface area contributed by atoms with E-state index in [-0.39, 0.29) is 23.6 Å². The molecule has 1 aliphatic rings. The van der Waals surface area contributed by atoms with Crippen LogP contribution in [-0.4, -0.2) is 25.4 Å². The number of thiazole rings is 1. The van der Waals surface area contributed by atoms with Crippen LogP contribution in [0.15, 0.2) is 27.1 Å². The number of fused-ring (bicyclic) bond motifs is 5. The highest BCUT2D eigenvalue weighted by Gasteiger charge is 2.25.